The molecule has 4 rings (SSSR count). The Kier molecular flexibility index (Phi) is 3.76. The number of hydrogen-bond acceptors (Lipinski definition) is 5. The third kappa shape index (κ3) is 2.66. The molecule has 1 aromatic carbocycles. The summed E-state index contributed by atoms with van der Waals surface area (Å²) in [4.78, 5) is 23.1. The molecule has 1 aliphatic heterocycles. The number of amides is 1. The van der Waals surface area contributed by atoms with Crippen LogP contribution in [0, 0.1) is 0 Å². The molecule has 3 heterocycles. The Morgan fingerprint density at radius 2 is 2.25 bits per heavy atom. The predicted octanol–water partition coefficient (Wildman–Crippen LogP) is 2.39. The highest BCUT2D eigenvalue weighted by molar-refractivity contribution is 5.80. The van der Waals surface area contributed by atoms with Crippen molar-refractivity contribution in [3.63, 3.8) is 0 Å². The molecule has 0 aliphatic carbocycles. The molecule has 1 amide bonds. The van der Waals surface area contributed by atoms with Gasteiger partial charge in [-0.2, -0.15) is 5.10 Å². The molecule has 0 N–H and O–H groups in total. The molecule has 1 saturated heterocycles. The SMILES string of the molecule is C[C@@H](C(=O)N1CCC[C@H](c2nc3ccccc3o2)C1)n1cncn1. The average molecular weight is 325 g/mol. The third-order valence-electron chi connectivity index (χ3n) is 4.58. The van der Waals surface area contributed by atoms with Gasteiger partial charge in [-0.05, 0) is 31.9 Å². The van der Waals surface area contributed by atoms with E-state index < -0.39 is 0 Å². The van der Waals surface area contributed by atoms with E-state index in [1.165, 1.54) is 6.33 Å². The molecule has 1 fully saturated rings. The van der Waals surface area contributed by atoms with E-state index in [0.717, 1.165) is 36.4 Å². The number of rotatable bonds is 3. The van der Waals surface area contributed by atoms with E-state index in [4.69, 9.17) is 4.42 Å². The van der Waals surface area contributed by atoms with Crippen molar-refractivity contribution in [1.29, 1.82) is 0 Å². The van der Waals surface area contributed by atoms with Gasteiger partial charge in [0.2, 0.25) is 5.91 Å². The molecule has 7 heteroatoms. The Labute approximate surface area is 139 Å². The molecule has 0 spiro atoms. The van der Waals surface area contributed by atoms with Gasteiger partial charge >= 0.3 is 0 Å². The van der Waals surface area contributed by atoms with Gasteiger partial charge in [-0.1, -0.05) is 12.1 Å². The molecular formula is C17H19N5O2. The summed E-state index contributed by atoms with van der Waals surface area (Å²) in [5.74, 6) is 0.918. The number of carbonyl (C=O) groups excluding carboxylic acids is 1. The molecule has 0 unspecified atom stereocenters. The number of para-hydroxylation sites is 2. The van der Waals surface area contributed by atoms with Gasteiger partial charge in [-0.3, -0.25) is 4.79 Å². The van der Waals surface area contributed by atoms with Gasteiger partial charge in [0, 0.05) is 13.1 Å². The van der Waals surface area contributed by atoms with Crippen molar-refractivity contribution in [3.05, 3.63) is 42.8 Å². The lowest BCUT2D eigenvalue weighted by molar-refractivity contribution is -0.135. The minimum Gasteiger partial charge on any atom is -0.440 e. The Balaban J connectivity index is 1.52. The first-order chi connectivity index (χ1) is 11.7. The number of fused-ring (bicyclic) bond motifs is 1. The van der Waals surface area contributed by atoms with Crippen molar-refractivity contribution in [2.24, 2.45) is 0 Å². The monoisotopic (exact) mass is 325 g/mol. The van der Waals surface area contributed by atoms with Crippen LogP contribution >= 0.6 is 0 Å². The first-order valence-corrected chi connectivity index (χ1v) is 8.21. The van der Waals surface area contributed by atoms with Crippen molar-refractivity contribution in [2.75, 3.05) is 13.1 Å². The number of aromatic nitrogens is 4. The van der Waals surface area contributed by atoms with Crippen LogP contribution in [0.5, 0.6) is 0 Å². The summed E-state index contributed by atoms with van der Waals surface area (Å²) in [6, 6.07) is 7.40. The smallest absolute Gasteiger partial charge is 0.247 e. The Morgan fingerprint density at radius 3 is 3.04 bits per heavy atom. The van der Waals surface area contributed by atoms with Crippen molar-refractivity contribution >= 4 is 17.0 Å². The predicted molar refractivity (Wildman–Crippen MR) is 87.3 cm³/mol. The largest absolute Gasteiger partial charge is 0.440 e. The Hall–Kier alpha value is -2.70. The molecule has 2 aromatic heterocycles. The normalized spacial score (nSPS) is 19.5. The Morgan fingerprint density at radius 1 is 1.38 bits per heavy atom. The number of oxazole rings is 1. The molecule has 7 nitrogen and oxygen atoms in total. The van der Waals surface area contributed by atoms with Crippen LogP contribution in [0.2, 0.25) is 0 Å². The van der Waals surface area contributed by atoms with Gasteiger partial charge in [0.1, 0.15) is 24.2 Å². The lowest BCUT2D eigenvalue weighted by Gasteiger charge is -2.33. The minimum atomic E-state index is -0.352. The number of benzene rings is 1. The maximum Gasteiger partial charge on any atom is 0.247 e. The maximum atomic E-state index is 12.7. The molecule has 0 bridgehead atoms. The summed E-state index contributed by atoms with van der Waals surface area (Å²) >= 11 is 0. The van der Waals surface area contributed by atoms with Gasteiger partial charge < -0.3 is 9.32 Å². The maximum absolute atomic E-state index is 12.7. The minimum absolute atomic E-state index is 0.0568. The fourth-order valence-corrected chi connectivity index (χ4v) is 3.24. The molecule has 3 aromatic rings. The van der Waals surface area contributed by atoms with Crippen LogP contribution in [0.1, 0.15) is 37.6 Å². The van der Waals surface area contributed by atoms with E-state index in [1.54, 1.807) is 11.0 Å². The van der Waals surface area contributed by atoms with E-state index >= 15 is 0 Å². The van der Waals surface area contributed by atoms with E-state index in [-0.39, 0.29) is 17.9 Å². The van der Waals surface area contributed by atoms with Crippen molar-refractivity contribution in [2.45, 2.75) is 31.7 Å². The van der Waals surface area contributed by atoms with E-state index in [2.05, 4.69) is 15.1 Å². The van der Waals surface area contributed by atoms with Gasteiger partial charge in [0.15, 0.2) is 11.5 Å². The number of likely N-dealkylation sites (tertiary alicyclic amines) is 1. The summed E-state index contributed by atoms with van der Waals surface area (Å²) in [7, 11) is 0. The highest BCUT2D eigenvalue weighted by Gasteiger charge is 2.30. The van der Waals surface area contributed by atoms with E-state index in [9.17, 15) is 4.79 Å². The second-order valence-electron chi connectivity index (χ2n) is 6.19. The van der Waals surface area contributed by atoms with Crippen LogP contribution in [-0.4, -0.2) is 43.6 Å². The van der Waals surface area contributed by atoms with Crippen LogP contribution in [0.25, 0.3) is 11.1 Å². The Bertz CT molecular complexity index is 809. The highest BCUT2D eigenvalue weighted by Crippen LogP contribution is 2.29. The van der Waals surface area contributed by atoms with E-state index in [0.29, 0.717) is 6.54 Å². The second kappa shape index (κ2) is 6.07. The van der Waals surface area contributed by atoms with Gasteiger partial charge in [0.25, 0.3) is 0 Å². The van der Waals surface area contributed by atoms with Crippen LogP contribution in [-0.2, 0) is 4.79 Å². The zero-order chi connectivity index (χ0) is 16.5. The lowest BCUT2D eigenvalue weighted by atomic mass is 9.97. The van der Waals surface area contributed by atoms with Crippen molar-refractivity contribution in [3.8, 4) is 0 Å². The molecular weight excluding hydrogens is 306 g/mol. The summed E-state index contributed by atoms with van der Waals surface area (Å²) < 4.78 is 7.48. The van der Waals surface area contributed by atoms with Crippen LogP contribution in [0.3, 0.4) is 0 Å². The van der Waals surface area contributed by atoms with Crippen molar-refractivity contribution in [1.82, 2.24) is 24.6 Å². The van der Waals surface area contributed by atoms with Crippen LogP contribution in [0.15, 0.2) is 41.3 Å². The topological polar surface area (TPSA) is 77.0 Å². The number of carbonyl (C=O) groups is 1. The van der Waals surface area contributed by atoms with Crippen molar-refractivity contribution < 1.29 is 9.21 Å². The molecule has 0 radical (unpaired) electrons. The zero-order valence-corrected chi connectivity index (χ0v) is 13.5. The highest BCUT2D eigenvalue weighted by atomic mass is 16.3. The number of nitrogens with zero attached hydrogens (tertiary/aromatic N) is 5. The van der Waals surface area contributed by atoms with Gasteiger partial charge in [-0.15, -0.1) is 0 Å². The second-order valence-corrected chi connectivity index (χ2v) is 6.19. The van der Waals surface area contributed by atoms with Gasteiger partial charge in [0.05, 0.1) is 5.92 Å². The molecule has 0 saturated carbocycles. The quantitative estimate of drug-likeness (QED) is 0.739. The van der Waals surface area contributed by atoms with Gasteiger partial charge in [-0.25, -0.2) is 14.6 Å². The van der Waals surface area contributed by atoms with E-state index in [1.807, 2.05) is 36.1 Å². The first-order valence-electron chi connectivity index (χ1n) is 8.21. The average Bonchev–Trinajstić information content (AvgIpc) is 3.30. The molecule has 2 atom stereocenters. The lowest BCUT2D eigenvalue weighted by Crippen LogP contribution is -2.42. The summed E-state index contributed by atoms with van der Waals surface area (Å²) in [6.07, 6.45) is 4.94. The summed E-state index contributed by atoms with van der Waals surface area (Å²) in [6.45, 7) is 3.24. The zero-order valence-electron chi connectivity index (χ0n) is 13.5. The van der Waals surface area contributed by atoms with Crippen LogP contribution in [0.4, 0.5) is 0 Å². The molecule has 124 valence electrons. The molecule has 1 aliphatic rings. The summed E-state index contributed by atoms with van der Waals surface area (Å²) in [5, 5.41) is 4.07. The number of hydrogen-bond donors (Lipinski definition) is 0. The number of piperidine rings is 1. The summed E-state index contributed by atoms with van der Waals surface area (Å²) in [5.41, 5.74) is 1.67. The molecule has 24 heavy (non-hydrogen) atoms. The fourth-order valence-electron chi connectivity index (χ4n) is 3.24. The first kappa shape index (κ1) is 14.9. The van der Waals surface area contributed by atoms with Crippen LogP contribution < -0.4 is 0 Å². The third-order valence-corrected chi connectivity index (χ3v) is 4.58. The standard InChI is InChI=1S/C17H19N5O2/c1-12(22-11-18-10-19-22)17(23)21-8-4-5-13(9-21)16-20-14-6-2-3-7-15(14)24-16/h2-3,6-7,10-13H,4-5,8-9H2,1H3/t12-,13-/m0/s1. The fraction of sp³-hybridized carbons (Fsp3) is 0.412.